The molecule has 2 fully saturated rings. The van der Waals surface area contributed by atoms with Crippen molar-refractivity contribution in [2.45, 2.75) is 21.0 Å². The summed E-state index contributed by atoms with van der Waals surface area (Å²) in [7, 11) is 0. The summed E-state index contributed by atoms with van der Waals surface area (Å²) >= 11 is 38.7. The van der Waals surface area contributed by atoms with Gasteiger partial charge in [-0.1, -0.05) is 46.4 Å². The molecule has 1 aromatic rings. The third kappa shape index (κ3) is 2.16. The first kappa shape index (κ1) is 20.6. The van der Waals surface area contributed by atoms with Gasteiger partial charge in [-0.25, -0.2) is 4.90 Å². The maximum absolute atomic E-state index is 13.2. The fraction of sp³-hybridized carbons (Fsp3) is 0.353. The molecule has 0 radical (unpaired) electrons. The highest BCUT2D eigenvalue weighted by Crippen LogP contribution is 2.77. The van der Waals surface area contributed by atoms with Crippen LogP contribution in [-0.2, 0) is 14.4 Å². The van der Waals surface area contributed by atoms with Gasteiger partial charge in [-0.3, -0.25) is 14.4 Å². The molecule has 1 aromatic carbocycles. The van der Waals surface area contributed by atoms with Gasteiger partial charge in [-0.2, -0.15) is 0 Å². The third-order valence-electron chi connectivity index (χ3n) is 5.35. The van der Waals surface area contributed by atoms with E-state index in [0.717, 1.165) is 4.90 Å². The molecule has 4 rings (SSSR count). The molecular formula is C17H10Cl6N2O3. The topological polar surface area (TPSA) is 66.5 Å². The summed E-state index contributed by atoms with van der Waals surface area (Å²) in [5.74, 6) is -3.88. The molecule has 28 heavy (non-hydrogen) atoms. The highest BCUT2D eigenvalue weighted by atomic mass is 35.5. The van der Waals surface area contributed by atoms with Crippen molar-refractivity contribution in [1.29, 1.82) is 0 Å². The van der Waals surface area contributed by atoms with Crippen molar-refractivity contribution in [1.82, 2.24) is 0 Å². The van der Waals surface area contributed by atoms with E-state index in [2.05, 4.69) is 5.32 Å². The van der Waals surface area contributed by atoms with Crippen molar-refractivity contribution in [3.8, 4) is 0 Å². The number of carbonyl (C=O) groups is 3. The van der Waals surface area contributed by atoms with Crippen molar-refractivity contribution >= 4 is 98.7 Å². The maximum atomic E-state index is 13.2. The van der Waals surface area contributed by atoms with Crippen LogP contribution in [0.3, 0.4) is 0 Å². The zero-order valence-electron chi connectivity index (χ0n) is 13.9. The van der Waals surface area contributed by atoms with E-state index < -0.39 is 37.7 Å². The number of benzene rings is 1. The Morgan fingerprint density at radius 2 is 1.36 bits per heavy atom. The van der Waals surface area contributed by atoms with E-state index in [0.29, 0.717) is 5.69 Å². The van der Waals surface area contributed by atoms with Crippen LogP contribution < -0.4 is 10.2 Å². The molecular weight excluding hydrogens is 493 g/mol. The van der Waals surface area contributed by atoms with Gasteiger partial charge in [-0.05, 0) is 24.3 Å². The molecule has 1 aliphatic heterocycles. The summed E-state index contributed by atoms with van der Waals surface area (Å²) < 4.78 is -1.96. The highest BCUT2D eigenvalue weighted by Gasteiger charge is 2.87. The zero-order valence-corrected chi connectivity index (χ0v) is 18.4. The Labute approximate surface area is 189 Å². The van der Waals surface area contributed by atoms with Crippen molar-refractivity contribution in [2.75, 3.05) is 10.2 Å². The SMILES string of the molecule is CC(=O)Nc1ccc(N2C(=O)[C@H]3[C@H](C2=O)[C@@]2(Cl)C(Cl)=C(Cl)[C@@]3(Cl)C2(Cl)Cl)cc1. The van der Waals surface area contributed by atoms with Gasteiger partial charge in [-0.15, -0.1) is 23.2 Å². The number of carbonyl (C=O) groups excluding carboxylic acids is 3. The minimum absolute atomic E-state index is 0.138. The Balaban J connectivity index is 1.78. The molecule has 0 spiro atoms. The van der Waals surface area contributed by atoms with E-state index in [9.17, 15) is 14.4 Å². The lowest BCUT2D eigenvalue weighted by Gasteiger charge is -2.34. The van der Waals surface area contributed by atoms with Crippen LogP contribution >= 0.6 is 69.6 Å². The monoisotopic (exact) mass is 500 g/mol. The Kier molecular flexibility index (Phi) is 4.53. The number of imide groups is 1. The summed E-state index contributed by atoms with van der Waals surface area (Å²) in [5.41, 5.74) is 0.784. The quantitative estimate of drug-likeness (QED) is 0.475. The molecule has 3 amide bonds. The smallest absolute Gasteiger partial charge is 0.240 e. The number of rotatable bonds is 2. The molecule has 2 bridgehead atoms. The fourth-order valence-corrected chi connectivity index (χ4v) is 7.08. The first-order chi connectivity index (χ1) is 12.9. The predicted octanol–water partition coefficient (Wildman–Crippen LogP) is 4.60. The number of amides is 3. The van der Waals surface area contributed by atoms with Gasteiger partial charge < -0.3 is 5.32 Å². The van der Waals surface area contributed by atoms with Gasteiger partial charge in [0.15, 0.2) is 4.33 Å². The summed E-state index contributed by atoms with van der Waals surface area (Å²) in [6.07, 6.45) is 0. The van der Waals surface area contributed by atoms with E-state index in [-0.39, 0.29) is 21.7 Å². The van der Waals surface area contributed by atoms with Gasteiger partial charge in [0.2, 0.25) is 17.7 Å². The zero-order chi connectivity index (χ0) is 20.8. The fourth-order valence-electron chi connectivity index (χ4n) is 4.15. The number of fused-ring (bicyclic) bond motifs is 5. The average Bonchev–Trinajstić information content (AvgIpc) is 3.00. The second kappa shape index (κ2) is 6.16. The van der Waals surface area contributed by atoms with Crippen molar-refractivity contribution in [3.63, 3.8) is 0 Å². The summed E-state index contributed by atoms with van der Waals surface area (Å²) in [4.78, 5) is 34.8. The first-order valence-corrected chi connectivity index (χ1v) is 10.2. The largest absolute Gasteiger partial charge is 0.326 e. The number of hydrogen-bond acceptors (Lipinski definition) is 3. The molecule has 11 heteroatoms. The molecule has 1 saturated carbocycles. The van der Waals surface area contributed by atoms with E-state index in [1.807, 2.05) is 0 Å². The van der Waals surface area contributed by atoms with Crippen LogP contribution in [0.4, 0.5) is 11.4 Å². The molecule has 148 valence electrons. The second-order valence-corrected chi connectivity index (χ2v) is 10.1. The highest BCUT2D eigenvalue weighted by molar-refractivity contribution is 6.67. The molecule has 1 saturated heterocycles. The number of hydrogen-bond donors (Lipinski definition) is 1. The molecule has 0 aromatic heterocycles. The number of nitrogens with one attached hydrogen (secondary N) is 1. The van der Waals surface area contributed by atoms with Crippen LogP contribution in [0.2, 0.25) is 0 Å². The number of anilines is 2. The van der Waals surface area contributed by atoms with Crippen LogP contribution in [-0.4, -0.2) is 31.8 Å². The lowest BCUT2D eigenvalue weighted by molar-refractivity contribution is -0.123. The summed E-state index contributed by atoms with van der Waals surface area (Å²) in [6, 6.07) is 6.13. The van der Waals surface area contributed by atoms with Crippen molar-refractivity contribution < 1.29 is 14.4 Å². The molecule has 1 heterocycles. The lowest BCUT2D eigenvalue weighted by atomic mass is 9.84. The van der Waals surface area contributed by atoms with Crippen LogP contribution in [0.1, 0.15) is 6.92 Å². The van der Waals surface area contributed by atoms with Crippen LogP contribution in [0.5, 0.6) is 0 Å². The van der Waals surface area contributed by atoms with Crippen LogP contribution in [0, 0.1) is 11.8 Å². The summed E-state index contributed by atoms with van der Waals surface area (Å²) in [6.45, 7) is 1.36. The molecule has 0 unspecified atom stereocenters. The summed E-state index contributed by atoms with van der Waals surface area (Å²) in [5, 5.41) is 2.32. The third-order valence-corrected chi connectivity index (χ3v) is 9.61. The Hall–Kier alpha value is -0.690. The molecule has 2 aliphatic carbocycles. The van der Waals surface area contributed by atoms with Crippen LogP contribution in [0.25, 0.3) is 0 Å². The lowest BCUT2D eigenvalue weighted by Crippen LogP contribution is -2.50. The Morgan fingerprint density at radius 1 is 0.929 bits per heavy atom. The standard InChI is InChI=1S/C17H10Cl6N2O3/c1-6(26)24-7-2-4-8(5-3-7)25-13(27)9-10(14(25)28)16(21)12(19)11(18)15(9,20)17(16,22)23/h2-5,9-10H,1H3,(H,24,26)/t9-,10-,15-,16-/m1/s1. The second-order valence-electron chi connectivity index (χ2n) is 6.82. The number of nitrogens with zero attached hydrogens (tertiary/aromatic N) is 1. The Morgan fingerprint density at radius 3 is 1.75 bits per heavy atom. The molecule has 5 nitrogen and oxygen atoms in total. The first-order valence-electron chi connectivity index (χ1n) is 7.98. The number of halogens is 6. The maximum Gasteiger partial charge on any atom is 0.240 e. The normalized spacial score (nSPS) is 35.6. The van der Waals surface area contributed by atoms with E-state index in [1.54, 1.807) is 12.1 Å². The van der Waals surface area contributed by atoms with Gasteiger partial charge in [0, 0.05) is 12.6 Å². The van der Waals surface area contributed by atoms with E-state index >= 15 is 0 Å². The van der Waals surface area contributed by atoms with Gasteiger partial charge in [0.05, 0.1) is 27.6 Å². The predicted molar refractivity (Wildman–Crippen MR) is 111 cm³/mol. The van der Waals surface area contributed by atoms with E-state index in [1.165, 1.54) is 19.1 Å². The number of allylic oxidation sites excluding steroid dienone is 2. The van der Waals surface area contributed by atoms with Gasteiger partial charge in [0.25, 0.3) is 0 Å². The Bertz CT molecular complexity index is 932. The minimum Gasteiger partial charge on any atom is -0.326 e. The molecule has 3 aliphatic rings. The average molecular weight is 503 g/mol. The minimum atomic E-state index is -1.96. The van der Waals surface area contributed by atoms with Crippen molar-refractivity contribution in [2.24, 2.45) is 11.8 Å². The molecule has 4 atom stereocenters. The van der Waals surface area contributed by atoms with Gasteiger partial charge in [0.1, 0.15) is 9.75 Å². The van der Waals surface area contributed by atoms with Crippen LogP contribution in [0.15, 0.2) is 34.3 Å². The van der Waals surface area contributed by atoms with Gasteiger partial charge >= 0.3 is 0 Å². The van der Waals surface area contributed by atoms with E-state index in [4.69, 9.17) is 69.6 Å². The molecule has 1 N–H and O–H groups in total. The van der Waals surface area contributed by atoms with Crippen molar-refractivity contribution in [3.05, 3.63) is 34.3 Å². The number of alkyl halides is 4.